The minimum absolute atomic E-state index is 0.159. The van der Waals surface area contributed by atoms with Crippen LogP contribution in [0.25, 0.3) is 0 Å². The van der Waals surface area contributed by atoms with Crippen molar-refractivity contribution >= 4 is 27.3 Å². The Morgan fingerprint density at radius 3 is 2.40 bits per heavy atom. The smallest absolute Gasteiger partial charge is 0.304 e. The summed E-state index contributed by atoms with van der Waals surface area (Å²) in [4.78, 5) is 11.8. The van der Waals surface area contributed by atoms with Gasteiger partial charge in [0.05, 0.1) is 6.42 Å². The Bertz CT molecular complexity index is 569. The van der Waals surface area contributed by atoms with Crippen molar-refractivity contribution in [1.29, 1.82) is 0 Å². The molecule has 0 fully saturated rings. The molecule has 5 nitrogen and oxygen atoms in total. The summed E-state index contributed by atoms with van der Waals surface area (Å²) in [5.41, 5.74) is -0.159. The number of carboxylic acids is 1. The molecule has 0 aliphatic rings. The standard InChI is InChI=1S/C13H21NO4S2/c1-9-5-6-12(19-9)20(17,18)14-10(7-11(15)16)8-13(2,3)4/h5-6,10,14H,7-8H2,1-4H3,(H,15,16). The Balaban J connectivity index is 2.91. The van der Waals surface area contributed by atoms with Crippen LogP contribution >= 0.6 is 11.3 Å². The maximum atomic E-state index is 12.2. The molecule has 0 radical (unpaired) electrons. The molecule has 114 valence electrons. The van der Waals surface area contributed by atoms with E-state index in [2.05, 4.69) is 4.72 Å². The van der Waals surface area contributed by atoms with Gasteiger partial charge < -0.3 is 5.11 Å². The Kier molecular flexibility index (Phi) is 5.34. The summed E-state index contributed by atoms with van der Waals surface area (Å²) in [7, 11) is -3.65. The minimum atomic E-state index is -3.65. The molecule has 1 atom stereocenters. The summed E-state index contributed by atoms with van der Waals surface area (Å²) < 4.78 is 27.2. The van der Waals surface area contributed by atoms with Gasteiger partial charge in [0, 0.05) is 10.9 Å². The van der Waals surface area contributed by atoms with Crippen LogP contribution in [0.5, 0.6) is 0 Å². The van der Waals surface area contributed by atoms with Gasteiger partial charge in [-0.3, -0.25) is 4.79 Å². The second kappa shape index (κ2) is 6.24. The summed E-state index contributed by atoms with van der Waals surface area (Å²) in [5.74, 6) is -1.01. The van der Waals surface area contributed by atoms with Crippen LogP contribution in [-0.4, -0.2) is 25.5 Å². The van der Waals surface area contributed by atoms with Crippen LogP contribution in [0.4, 0.5) is 0 Å². The Morgan fingerprint density at radius 2 is 2.00 bits per heavy atom. The van der Waals surface area contributed by atoms with Gasteiger partial charge in [0.15, 0.2) is 0 Å². The van der Waals surface area contributed by atoms with Gasteiger partial charge in [-0.05, 0) is 30.9 Å². The first-order chi connectivity index (χ1) is 8.99. The first-order valence-electron chi connectivity index (χ1n) is 6.30. The van der Waals surface area contributed by atoms with E-state index in [-0.39, 0.29) is 16.0 Å². The number of aryl methyl sites for hydroxylation is 1. The second-order valence-corrected chi connectivity index (χ2v) is 9.27. The number of aliphatic carboxylic acids is 1. The zero-order chi connectivity index (χ0) is 15.6. The molecule has 0 aromatic carbocycles. The molecule has 0 amide bonds. The maximum Gasteiger partial charge on any atom is 0.304 e. The summed E-state index contributed by atoms with van der Waals surface area (Å²) >= 11 is 1.18. The largest absolute Gasteiger partial charge is 0.481 e. The van der Waals surface area contributed by atoms with Gasteiger partial charge in [0.25, 0.3) is 0 Å². The molecular formula is C13H21NO4S2. The van der Waals surface area contributed by atoms with Crippen LogP contribution in [0.1, 0.15) is 38.5 Å². The minimum Gasteiger partial charge on any atom is -0.481 e. The molecule has 1 unspecified atom stereocenters. The van der Waals surface area contributed by atoms with Crippen LogP contribution in [0.15, 0.2) is 16.3 Å². The van der Waals surface area contributed by atoms with E-state index in [1.54, 1.807) is 6.07 Å². The number of hydrogen-bond acceptors (Lipinski definition) is 4. The van der Waals surface area contributed by atoms with Gasteiger partial charge in [0.1, 0.15) is 4.21 Å². The van der Waals surface area contributed by atoms with Crippen molar-refractivity contribution in [2.24, 2.45) is 5.41 Å². The monoisotopic (exact) mass is 319 g/mol. The lowest BCUT2D eigenvalue weighted by Gasteiger charge is -2.25. The fourth-order valence-electron chi connectivity index (χ4n) is 1.94. The summed E-state index contributed by atoms with van der Waals surface area (Å²) in [6, 6.07) is 2.66. The lowest BCUT2D eigenvalue weighted by Crippen LogP contribution is -2.38. The molecule has 0 aliphatic carbocycles. The third kappa shape index (κ3) is 5.60. The number of carboxylic acid groups (broad SMARTS) is 1. The SMILES string of the molecule is Cc1ccc(S(=O)(=O)NC(CC(=O)O)CC(C)(C)C)s1. The van der Waals surface area contributed by atoms with Crippen LogP contribution in [0.2, 0.25) is 0 Å². The van der Waals surface area contributed by atoms with Crippen molar-refractivity contribution in [2.45, 2.75) is 50.8 Å². The lowest BCUT2D eigenvalue weighted by atomic mass is 9.87. The Morgan fingerprint density at radius 1 is 1.40 bits per heavy atom. The van der Waals surface area contributed by atoms with Crippen molar-refractivity contribution in [1.82, 2.24) is 4.72 Å². The van der Waals surface area contributed by atoms with E-state index in [1.807, 2.05) is 27.7 Å². The van der Waals surface area contributed by atoms with Crippen molar-refractivity contribution in [3.05, 3.63) is 17.0 Å². The highest BCUT2D eigenvalue weighted by Crippen LogP contribution is 2.25. The van der Waals surface area contributed by atoms with Gasteiger partial charge in [-0.15, -0.1) is 11.3 Å². The van der Waals surface area contributed by atoms with E-state index in [9.17, 15) is 13.2 Å². The predicted molar refractivity (Wildman–Crippen MR) is 79.5 cm³/mol. The average Bonchev–Trinajstić information content (AvgIpc) is 2.60. The summed E-state index contributed by atoms with van der Waals surface area (Å²) in [6.45, 7) is 7.68. The van der Waals surface area contributed by atoms with Crippen molar-refractivity contribution in [2.75, 3.05) is 0 Å². The van der Waals surface area contributed by atoms with Gasteiger partial charge in [-0.1, -0.05) is 20.8 Å². The normalized spacial score (nSPS) is 14.2. The fraction of sp³-hybridized carbons (Fsp3) is 0.615. The molecular weight excluding hydrogens is 298 g/mol. The molecule has 1 heterocycles. The van der Waals surface area contributed by atoms with E-state index in [0.29, 0.717) is 6.42 Å². The van der Waals surface area contributed by atoms with E-state index < -0.39 is 22.0 Å². The summed E-state index contributed by atoms with van der Waals surface area (Å²) in [5, 5.41) is 8.92. The van der Waals surface area contributed by atoms with Gasteiger partial charge in [-0.25, -0.2) is 13.1 Å². The molecule has 0 saturated carbocycles. The highest BCUT2D eigenvalue weighted by Gasteiger charge is 2.27. The summed E-state index contributed by atoms with van der Waals surface area (Å²) in [6.07, 6.45) is 0.240. The molecule has 2 N–H and O–H groups in total. The molecule has 7 heteroatoms. The third-order valence-electron chi connectivity index (χ3n) is 2.58. The quantitative estimate of drug-likeness (QED) is 0.844. The zero-order valence-electron chi connectivity index (χ0n) is 12.1. The molecule has 1 aromatic rings. The maximum absolute atomic E-state index is 12.2. The molecule has 20 heavy (non-hydrogen) atoms. The fourth-order valence-corrected chi connectivity index (χ4v) is 4.48. The number of hydrogen-bond donors (Lipinski definition) is 2. The van der Waals surface area contributed by atoms with E-state index in [4.69, 9.17) is 5.11 Å². The topological polar surface area (TPSA) is 83.5 Å². The first kappa shape index (κ1) is 17.1. The number of thiophene rings is 1. The first-order valence-corrected chi connectivity index (χ1v) is 8.60. The lowest BCUT2D eigenvalue weighted by molar-refractivity contribution is -0.137. The van der Waals surface area contributed by atoms with Crippen molar-refractivity contribution in [3.63, 3.8) is 0 Å². The van der Waals surface area contributed by atoms with Crippen LogP contribution in [0, 0.1) is 12.3 Å². The van der Waals surface area contributed by atoms with E-state index >= 15 is 0 Å². The molecule has 0 bridgehead atoms. The number of rotatable bonds is 6. The number of carbonyl (C=O) groups is 1. The second-order valence-electron chi connectivity index (χ2n) is 6.05. The molecule has 1 aromatic heterocycles. The van der Waals surface area contributed by atoms with Gasteiger partial charge in [-0.2, -0.15) is 0 Å². The molecule has 1 rings (SSSR count). The van der Waals surface area contributed by atoms with Gasteiger partial charge in [0.2, 0.25) is 10.0 Å². The molecule has 0 aliphatic heterocycles. The van der Waals surface area contributed by atoms with Crippen LogP contribution in [0.3, 0.4) is 0 Å². The van der Waals surface area contributed by atoms with E-state index in [0.717, 1.165) is 4.88 Å². The number of nitrogens with one attached hydrogen (secondary N) is 1. The van der Waals surface area contributed by atoms with Crippen molar-refractivity contribution in [3.8, 4) is 0 Å². The predicted octanol–water partition coefficient (Wildman–Crippen LogP) is 2.61. The van der Waals surface area contributed by atoms with Crippen LogP contribution < -0.4 is 4.72 Å². The third-order valence-corrected chi connectivity index (χ3v) is 5.60. The van der Waals surface area contributed by atoms with Crippen LogP contribution in [-0.2, 0) is 14.8 Å². The Hall–Kier alpha value is -0.920. The average molecular weight is 319 g/mol. The molecule has 0 spiro atoms. The zero-order valence-corrected chi connectivity index (χ0v) is 13.8. The Labute approximate surface area is 124 Å². The van der Waals surface area contributed by atoms with Crippen molar-refractivity contribution < 1.29 is 18.3 Å². The highest BCUT2D eigenvalue weighted by atomic mass is 32.2. The van der Waals surface area contributed by atoms with E-state index in [1.165, 1.54) is 17.4 Å². The molecule has 0 saturated heterocycles. The highest BCUT2D eigenvalue weighted by molar-refractivity contribution is 7.91. The number of sulfonamides is 1. The van der Waals surface area contributed by atoms with Gasteiger partial charge >= 0.3 is 5.97 Å².